The third kappa shape index (κ3) is 3.26. The Morgan fingerprint density at radius 3 is 2.89 bits per heavy atom. The van der Waals surface area contributed by atoms with Gasteiger partial charge in [0.1, 0.15) is 0 Å². The monoisotopic (exact) mass is 251 g/mol. The van der Waals surface area contributed by atoms with E-state index >= 15 is 0 Å². The Hall–Kier alpha value is -1.49. The number of rotatable bonds is 5. The molecule has 1 amide bonds. The molecule has 1 fully saturated rings. The van der Waals surface area contributed by atoms with Crippen molar-refractivity contribution in [1.82, 2.24) is 15.2 Å². The van der Waals surface area contributed by atoms with Gasteiger partial charge >= 0.3 is 0 Å². The van der Waals surface area contributed by atoms with E-state index in [9.17, 15) is 9.18 Å². The molecule has 0 aromatic carbocycles. The molecule has 1 aliphatic rings. The Labute approximate surface area is 106 Å². The van der Waals surface area contributed by atoms with Crippen molar-refractivity contribution in [2.24, 2.45) is 0 Å². The fourth-order valence-corrected chi connectivity index (χ4v) is 1.84. The molecule has 2 rings (SSSR count). The van der Waals surface area contributed by atoms with Crippen LogP contribution in [0.1, 0.15) is 30.1 Å². The smallest absolute Gasteiger partial charge is 0.252 e. The first-order valence-corrected chi connectivity index (χ1v) is 6.19. The highest BCUT2D eigenvalue weighted by atomic mass is 19.1. The molecule has 0 aliphatic heterocycles. The third-order valence-electron chi connectivity index (χ3n) is 3.37. The number of hydrogen-bond acceptors (Lipinski definition) is 3. The average Bonchev–Trinajstić information content (AvgIpc) is 3.19. The number of pyridine rings is 1. The summed E-state index contributed by atoms with van der Waals surface area (Å²) in [5.41, 5.74) is 0.387. The van der Waals surface area contributed by atoms with Gasteiger partial charge in [0.25, 0.3) is 5.91 Å². The van der Waals surface area contributed by atoms with Crippen LogP contribution in [0.2, 0.25) is 0 Å². The van der Waals surface area contributed by atoms with Gasteiger partial charge in [-0.1, -0.05) is 0 Å². The Morgan fingerprint density at radius 2 is 2.33 bits per heavy atom. The highest BCUT2D eigenvalue weighted by Gasteiger charge is 2.29. The topological polar surface area (TPSA) is 45.2 Å². The van der Waals surface area contributed by atoms with Crippen LogP contribution >= 0.6 is 0 Å². The van der Waals surface area contributed by atoms with Crippen molar-refractivity contribution in [3.05, 3.63) is 29.8 Å². The fraction of sp³-hybridized carbons (Fsp3) is 0.538. The third-order valence-corrected chi connectivity index (χ3v) is 3.37. The molecule has 1 aromatic rings. The van der Waals surface area contributed by atoms with E-state index in [2.05, 4.69) is 29.2 Å². The van der Waals surface area contributed by atoms with E-state index in [1.807, 2.05) is 0 Å². The number of hydrogen-bond donors (Lipinski definition) is 1. The quantitative estimate of drug-likeness (QED) is 0.805. The molecule has 0 spiro atoms. The van der Waals surface area contributed by atoms with Crippen molar-refractivity contribution >= 4 is 5.91 Å². The standard InChI is InChI=1S/C13H18FN3O/c1-9(17(2)11-4-5-11)7-16-13(18)10-3-6-12(14)15-8-10/h3,6,8-9,11H,4-5,7H2,1-2H3,(H,16,18). The molecule has 4 nitrogen and oxygen atoms in total. The molecule has 5 heteroatoms. The fourth-order valence-electron chi connectivity index (χ4n) is 1.84. The summed E-state index contributed by atoms with van der Waals surface area (Å²) in [5, 5.41) is 2.84. The Morgan fingerprint density at radius 1 is 1.61 bits per heavy atom. The van der Waals surface area contributed by atoms with Crippen LogP contribution in [0.4, 0.5) is 4.39 Å². The Balaban J connectivity index is 1.82. The average molecular weight is 251 g/mol. The van der Waals surface area contributed by atoms with Crippen LogP contribution in [0.15, 0.2) is 18.3 Å². The molecule has 98 valence electrons. The van der Waals surface area contributed by atoms with Crippen LogP contribution in [-0.4, -0.2) is 41.5 Å². The first kappa shape index (κ1) is 13.0. The van der Waals surface area contributed by atoms with E-state index in [-0.39, 0.29) is 5.91 Å². The van der Waals surface area contributed by atoms with Crippen molar-refractivity contribution in [3.63, 3.8) is 0 Å². The zero-order chi connectivity index (χ0) is 13.1. The van der Waals surface area contributed by atoms with Gasteiger partial charge in [0.15, 0.2) is 0 Å². The summed E-state index contributed by atoms with van der Waals surface area (Å²) in [5.74, 6) is -0.785. The van der Waals surface area contributed by atoms with Crippen LogP contribution in [0.3, 0.4) is 0 Å². The lowest BCUT2D eigenvalue weighted by Crippen LogP contribution is -2.41. The summed E-state index contributed by atoms with van der Waals surface area (Å²) in [6.45, 7) is 2.67. The molecule has 1 N–H and O–H groups in total. The summed E-state index contributed by atoms with van der Waals surface area (Å²) in [7, 11) is 2.08. The number of amides is 1. The minimum Gasteiger partial charge on any atom is -0.350 e. The van der Waals surface area contributed by atoms with Gasteiger partial charge in [-0.2, -0.15) is 4.39 Å². The van der Waals surface area contributed by atoms with Crippen LogP contribution < -0.4 is 5.32 Å². The van der Waals surface area contributed by atoms with Crippen LogP contribution in [0.5, 0.6) is 0 Å². The van der Waals surface area contributed by atoms with Crippen LogP contribution in [0, 0.1) is 5.95 Å². The summed E-state index contributed by atoms with van der Waals surface area (Å²) in [4.78, 5) is 17.5. The molecule has 1 saturated carbocycles. The molecule has 0 bridgehead atoms. The normalized spacial score (nSPS) is 16.7. The molecule has 1 atom stereocenters. The highest BCUT2D eigenvalue weighted by Crippen LogP contribution is 2.26. The molecule has 1 aliphatic carbocycles. The number of halogens is 1. The number of likely N-dealkylation sites (N-methyl/N-ethyl adjacent to an activating group) is 1. The van der Waals surface area contributed by atoms with Gasteiger partial charge in [-0.3, -0.25) is 9.69 Å². The van der Waals surface area contributed by atoms with Gasteiger partial charge in [0.05, 0.1) is 5.56 Å². The molecule has 1 unspecified atom stereocenters. The summed E-state index contributed by atoms with van der Waals surface area (Å²) >= 11 is 0. The number of aromatic nitrogens is 1. The van der Waals surface area contributed by atoms with E-state index in [1.54, 1.807) is 0 Å². The first-order valence-electron chi connectivity index (χ1n) is 6.19. The van der Waals surface area contributed by atoms with Gasteiger partial charge < -0.3 is 5.32 Å². The maximum Gasteiger partial charge on any atom is 0.252 e. The first-order chi connectivity index (χ1) is 8.58. The lowest BCUT2D eigenvalue weighted by atomic mass is 10.2. The predicted molar refractivity (Wildman–Crippen MR) is 66.8 cm³/mol. The molecule has 1 aromatic heterocycles. The minimum absolute atomic E-state index is 0.210. The van der Waals surface area contributed by atoms with Crippen molar-refractivity contribution in [3.8, 4) is 0 Å². The number of nitrogens with one attached hydrogen (secondary N) is 1. The number of carbonyl (C=O) groups excluding carboxylic acids is 1. The van der Waals surface area contributed by atoms with Gasteiger partial charge in [-0.25, -0.2) is 4.98 Å². The van der Waals surface area contributed by atoms with Gasteiger partial charge in [0.2, 0.25) is 5.95 Å². The van der Waals surface area contributed by atoms with E-state index in [0.717, 1.165) is 0 Å². The Kier molecular flexibility index (Phi) is 3.91. The zero-order valence-electron chi connectivity index (χ0n) is 10.7. The van der Waals surface area contributed by atoms with E-state index in [4.69, 9.17) is 0 Å². The second-order valence-corrected chi connectivity index (χ2v) is 4.83. The second-order valence-electron chi connectivity index (χ2n) is 4.83. The number of carbonyl (C=O) groups is 1. The van der Waals surface area contributed by atoms with E-state index < -0.39 is 5.95 Å². The lowest BCUT2D eigenvalue weighted by Gasteiger charge is -2.24. The molecule has 0 radical (unpaired) electrons. The molecule has 18 heavy (non-hydrogen) atoms. The van der Waals surface area contributed by atoms with Crippen molar-refractivity contribution in [2.75, 3.05) is 13.6 Å². The van der Waals surface area contributed by atoms with Gasteiger partial charge in [-0.05, 0) is 38.9 Å². The summed E-state index contributed by atoms with van der Waals surface area (Å²) < 4.78 is 12.6. The van der Waals surface area contributed by atoms with Gasteiger partial charge in [-0.15, -0.1) is 0 Å². The SMILES string of the molecule is CC(CNC(=O)c1ccc(F)nc1)N(C)C1CC1. The van der Waals surface area contributed by atoms with E-state index in [0.29, 0.717) is 24.2 Å². The van der Waals surface area contributed by atoms with Crippen molar-refractivity contribution < 1.29 is 9.18 Å². The van der Waals surface area contributed by atoms with Crippen molar-refractivity contribution in [1.29, 1.82) is 0 Å². The maximum atomic E-state index is 12.6. The predicted octanol–water partition coefficient (Wildman–Crippen LogP) is 1.43. The highest BCUT2D eigenvalue weighted by molar-refractivity contribution is 5.93. The van der Waals surface area contributed by atoms with Gasteiger partial charge in [0, 0.05) is 24.8 Å². The van der Waals surface area contributed by atoms with Crippen molar-refractivity contribution in [2.45, 2.75) is 31.8 Å². The van der Waals surface area contributed by atoms with E-state index in [1.165, 1.54) is 31.2 Å². The zero-order valence-corrected chi connectivity index (χ0v) is 10.7. The largest absolute Gasteiger partial charge is 0.350 e. The maximum absolute atomic E-state index is 12.6. The van der Waals surface area contributed by atoms with Crippen LogP contribution in [0.25, 0.3) is 0 Å². The lowest BCUT2D eigenvalue weighted by molar-refractivity contribution is 0.0939. The minimum atomic E-state index is -0.576. The summed E-state index contributed by atoms with van der Waals surface area (Å²) in [6.07, 6.45) is 3.74. The number of nitrogens with zero attached hydrogens (tertiary/aromatic N) is 2. The second kappa shape index (κ2) is 5.44. The molecule has 1 heterocycles. The summed E-state index contributed by atoms with van der Waals surface area (Å²) in [6, 6.07) is 3.60. The Bertz CT molecular complexity index is 417. The van der Waals surface area contributed by atoms with Crippen LogP contribution in [-0.2, 0) is 0 Å². The molecular formula is C13H18FN3O. The molecular weight excluding hydrogens is 233 g/mol. The molecule has 0 saturated heterocycles.